The predicted molar refractivity (Wildman–Crippen MR) is 105 cm³/mol. The Morgan fingerprint density at radius 2 is 2.00 bits per heavy atom. The number of nitrogens with one attached hydrogen (secondary N) is 1. The van der Waals surface area contributed by atoms with Crippen LogP contribution in [0.4, 0.5) is 5.00 Å². The number of carbonyl (C=O) groups is 2. The molecule has 0 saturated carbocycles. The van der Waals surface area contributed by atoms with Gasteiger partial charge in [0.05, 0.1) is 21.8 Å². The molecule has 0 saturated heterocycles. The molecule has 2 aromatic rings. The minimum absolute atomic E-state index is 0.210. The van der Waals surface area contributed by atoms with Gasteiger partial charge in [-0.3, -0.25) is 9.48 Å². The average Bonchev–Trinajstić information content (AvgIpc) is 3.06. The number of aromatic nitrogens is 2. The third-order valence-electron chi connectivity index (χ3n) is 4.42. The van der Waals surface area contributed by atoms with Crippen LogP contribution in [0, 0.1) is 6.92 Å². The van der Waals surface area contributed by atoms with Crippen LogP contribution in [0.3, 0.4) is 0 Å². The number of halogens is 1. The Kier molecular flexibility index (Phi) is 5.53. The first-order chi connectivity index (χ1) is 12.3. The molecule has 140 valence electrons. The van der Waals surface area contributed by atoms with Gasteiger partial charge in [-0.1, -0.05) is 0 Å². The number of hydrogen-bond acceptors (Lipinski definition) is 5. The molecular weight excluding hydrogens is 418 g/mol. The summed E-state index contributed by atoms with van der Waals surface area (Å²) in [4.78, 5) is 26.6. The number of carbonyl (C=O) groups excluding carboxylic acids is 2. The highest BCUT2D eigenvalue weighted by atomic mass is 79.9. The maximum Gasteiger partial charge on any atom is 0.341 e. The minimum atomic E-state index is -0.369. The zero-order valence-corrected chi connectivity index (χ0v) is 17.7. The van der Waals surface area contributed by atoms with E-state index in [1.54, 1.807) is 11.7 Å². The van der Waals surface area contributed by atoms with Crippen molar-refractivity contribution in [2.24, 2.45) is 7.05 Å². The summed E-state index contributed by atoms with van der Waals surface area (Å²) in [5, 5.41) is 7.71. The fourth-order valence-corrected chi connectivity index (χ4v) is 4.82. The summed E-state index contributed by atoms with van der Waals surface area (Å²) in [6.45, 7) is 5.52. The zero-order chi connectivity index (χ0) is 19.0. The van der Waals surface area contributed by atoms with Gasteiger partial charge in [0.2, 0.25) is 0 Å². The van der Waals surface area contributed by atoms with Crippen LogP contribution < -0.4 is 5.32 Å². The van der Waals surface area contributed by atoms with Crippen molar-refractivity contribution < 1.29 is 14.3 Å². The normalized spacial score (nSPS) is 13.6. The van der Waals surface area contributed by atoms with Crippen molar-refractivity contribution in [3.63, 3.8) is 0 Å². The number of thiophene rings is 1. The summed E-state index contributed by atoms with van der Waals surface area (Å²) in [7, 11) is 1.78. The van der Waals surface area contributed by atoms with E-state index in [9.17, 15) is 9.59 Å². The van der Waals surface area contributed by atoms with Crippen molar-refractivity contribution in [3.8, 4) is 0 Å². The number of anilines is 1. The van der Waals surface area contributed by atoms with Crippen LogP contribution in [-0.2, 0) is 24.6 Å². The van der Waals surface area contributed by atoms with E-state index in [2.05, 4.69) is 26.3 Å². The molecule has 26 heavy (non-hydrogen) atoms. The van der Waals surface area contributed by atoms with E-state index in [-0.39, 0.29) is 18.0 Å². The van der Waals surface area contributed by atoms with Crippen molar-refractivity contribution in [2.75, 3.05) is 5.32 Å². The van der Waals surface area contributed by atoms with E-state index in [4.69, 9.17) is 4.74 Å². The number of amides is 1. The number of rotatable bonds is 4. The first kappa shape index (κ1) is 19.1. The molecule has 2 aromatic heterocycles. The topological polar surface area (TPSA) is 73.2 Å². The van der Waals surface area contributed by atoms with E-state index < -0.39 is 0 Å². The molecule has 0 unspecified atom stereocenters. The molecule has 0 bridgehead atoms. The molecule has 1 aliphatic carbocycles. The molecule has 1 amide bonds. The molecule has 0 aliphatic heterocycles. The second kappa shape index (κ2) is 7.52. The zero-order valence-electron chi connectivity index (χ0n) is 15.3. The van der Waals surface area contributed by atoms with Crippen LogP contribution >= 0.6 is 27.3 Å². The quantitative estimate of drug-likeness (QED) is 0.722. The lowest BCUT2D eigenvalue weighted by molar-refractivity contribution is 0.0378. The summed E-state index contributed by atoms with van der Waals surface area (Å²) in [5.74, 6) is -0.705. The molecule has 0 fully saturated rings. The number of hydrogen-bond donors (Lipinski definition) is 1. The number of ether oxygens (including phenoxy) is 1. The van der Waals surface area contributed by atoms with Gasteiger partial charge < -0.3 is 10.1 Å². The Balaban J connectivity index is 1.96. The number of esters is 1. The summed E-state index contributed by atoms with van der Waals surface area (Å²) in [6.07, 6.45) is 3.72. The number of fused-ring (bicyclic) bond motifs is 1. The third kappa shape index (κ3) is 3.57. The Morgan fingerprint density at radius 1 is 1.31 bits per heavy atom. The second-order valence-corrected chi connectivity index (χ2v) is 8.59. The van der Waals surface area contributed by atoms with E-state index in [0.29, 0.717) is 20.7 Å². The molecule has 1 N–H and O–H groups in total. The van der Waals surface area contributed by atoms with Crippen molar-refractivity contribution in [3.05, 3.63) is 31.9 Å². The first-order valence-corrected chi connectivity index (χ1v) is 10.3. The second-order valence-electron chi connectivity index (χ2n) is 6.69. The van der Waals surface area contributed by atoms with Crippen LogP contribution in [0.1, 0.15) is 63.7 Å². The van der Waals surface area contributed by atoms with E-state index in [1.165, 1.54) is 16.2 Å². The largest absolute Gasteiger partial charge is 0.459 e. The predicted octanol–water partition coefficient (Wildman–Crippen LogP) is 4.25. The van der Waals surface area contributed by atoms with Gasteiger partial charge in [0.1, 0.15) is 5.00 Å². The van der Waals surface area contributed by atoms with Gasteiger partial charge in [0, 0.05) is 11.9 Å². The smallest absolute Gasteiger partial charge is 0.341 e. The van der Waals surface area contributed by atoms with Crippen LogP contribution in [0.15, 0.2) is 4.47 Å². The Labute approximate surface area is 165 Å². The lowest BCUT2D eigenvalue weighted by Crippen LogP contribution is -2.18. The van der Waals surface area contributed by atoms with Crippen LogP contribution in [0.2, 0.25) is 0 Å². The number of aryl methyl sites for hydroxylation is 2. The van der Waals surface area contributed by atoms with Crippen molar-refractivity contribution in [1.29, 1.82) is 0 Å². The SMILES string of the molecule is Cc1c(Br)c(C(=O)Nc2sc3c(c2C(=O)OC(C)C)CCCC3)nn1C. The van der Waals surface area contributed by atoms with Gasteiger partial charge in [0.15, 0.2) is 5.69 Å². The fourth-order valence-electron chi connectivity index (χ4n) is 3.03. The van der Waals surface area contributed by atoms with Gasteiger partial charge in [-0.2, -0.15) is 5.10 Å². The van der Waals surface area contributed by atoms with Gasteiger partial charge in [-0.15, -0.1) is 11.3 Å². The van der Waals surface area contributed by atoms with Crippen molar-refractivity contribution in [1.82, 2.24) is 9.78 Å². The molecule has 0 spiro atoms. The van der Waals surface area contributed by atoms with Gasteiger partial charge in [0.25, 0.3) is 5.91 Å². The Bertz CT molecular complexity index is 870. The Hall–Kier alpha value is -1.67. The van der Waals surface area contributed by atoms with Crippen molar-refractivity contribution in [2.45, 2.75) is 52.6 Å². The monoisotopic (exact) mass is 439 g/mol. The molecule has 0 aromatic carbocycles. The van der Waals surface area contributed by atoms with Gasteiger partial charge >= 0.3 is 5.97 Å². The highest BCUT2D eigenvalue weighted by Crippen LogP contribution is 2.39. The Morgan fingerprint density at radius 3 is 2.62 bits per heavy atom. The molecule has 0 atom stereocenters. The lowest BCUT2D eigenvalue weighted by atomic mass is 9.95. The number of nitrogens with zero attached hydrogens (tertiary/aromatic N) is 2. The van der Waals surface area contributed by atoms with Crippen LogP contribution in [0.25, 0.3) is 0 Å². The molecule has 0 radical (unpaired) electrons. The standard InChI is InChI=1S/C18H22BrN3O3S/c1-9(2)25-18(24)13-11-7-5-6-8-12(11)26-17(13)20-16(23)15-14(19)10(3)22(4)21-15/h9H,5-8H2,1-4H3,(H,20,23). The van der Waals surface area contributed by atoms with Gasteiger partial charge in [-0.25, -0.2) is 4.79 Å². The molecular formula is C18H22BrN3O3S. The molecule has 1 aliphatic rings. The van der Waals surface area contributed by atoms with Crippen LogP contribution in [0.5, 0.6) is 0 Å². The van der Waals surface area contributed by atoms with E-state index >= 15 is 0 Å². The van der Waals surface area contributed by atoms with E-state index in [0.717, 1.165) is 36.9 Å². The molecule has 8 heteroatoms. The summed E-state index contributed by atoms with van der Waals surface area (Å²) in [6, 6.07) is 0. The van der Waals surface area contributed by atoms with Crippen molar-refractivity contribution >= 4 is 44.1 Å². The summed E-state index contributed by atoms with van der Waals surface area (Å²) >= 11 is 4.89. The minimum Gasteiger partial charge on any atom is -0.459 e. The van der Waals surface area contributed by atoms with Crippen LogP contribution in [-0.4, -0.2) is 27.8 Å². The summed E-state index contributed by atoms with van der Waals surface area (Å²) in [5.41, 5.74) is 2.70. The average molecular weight is 440 g/mol. The first-order valence-electron chi connectivity index (χ1n) is 8.65. The molecule has 3 rings (SSSR count). The third-order valence-corrected chi connectivity index (χ3v) is 6.58. The summed E-state index contributed by atoms with van der Waals surface area (Å²) < 4.78 is 7.73. The maximum absolute atomic E-state index is 12.7. The van der Waals surface area contributed by atoms with Gasteiger partial charge in [-0.05, 0) is 67.9 Å². The maximum atomic E-state index is 12.7. The molecule has 6 nitrogen and oxygen atoms in total. The highest BCUT2D eigenvalue weighted by molar-refractivity contribution is 9.10. The highest BCUT2D eigenvalue weighted by Gasteiger charge is 2.29. The fraction of sp³-hybridized carbons (Fsp3) is 0.500. The molecule has 2 heterocycles. The van der Waals surface area contributed by atoms with E-state index in [1.807, 2.05) is 20.8 Å². The lowest BCUT2D eigenvalue weighted by Gasteiger charge is -2.14.